The van der Waals surface area contributed by atoms with E-state index in [9.17, 15) is 4.79 Å². The van der Waals surface area contributed by atoms with Crippen molar-refractivity contribution < 1.29 is 56.9 Å². The summed E-state index contributed by atoms with van der Waals surface area (Å²) in [7, 11) is 0. The molecule has 4 aliphatic heterocycles. The number of ether oxygens (including phenoxy) is 11. The fraction of sp³-hybridized carbons (Fsp3) is 0.457. The molecule has 8 rings (SSSR count). The highest BCUT2D eigenvalue weighted by molar-refractivity contribution is 5.89. The van der Waals surface area contributed by atoms with Gasteiger partial charge in [-0.05, 0) is 56.5 Å². The van der Waals surface area contributed by atoms with Gasteiger partial charge < -0.3 is 52.1 Å². The third-order valence-electron chi connectivity index (χ3n) is 10.5. The topological polar surface area (TPSA) is 119 Å². The summed E-state index contributed by atoms with van der Waals surface area (Å²) in [4.78, 5) is 13.9. The molecule has 0 aromatic heterocycles. The average molecular weight is 797 g/mol. The summed E-state index contributed by atoms with van der Waals surface area (Å²) < 4.78 is 71.3. The zero-order valence-corrected chi connectivity index (χ0v) is 33.3. The van der Waals surface area contributed by atoms with Crippen LogP contribution < -0.4 is 0 Å². The number of hydrogen-bond acceptors (Lipinski definition) is 12. The van der Waals surface area contributed by atoms with Crippen molar-refractivity contribution in [2.45, 2.75) is 121 Å². The lowest BCUT2D eigenvalue weighted by Crippen LogP contribution is -2.63. The van der Waals surface area contributed by atoms with Gasteiger partial charge >= 0.3 is 5.97 Å². The van der Waals surface area contributed by atoms with Crippen molar-refractivity contribution in [3.8, 4) is 0 Å². The van der Waals surface area contributed by atoms with Crippen LogP contribution in [-0.4, -0.2) is 92.2 Å². The Labute approximate surface area is 339 Å². The van der Waals surface area contributed by atoms with Crippen LogP contribution in [0.5, 0.6) is 0 Å². The summed E-state index contributed by atoms with van der Waals surface area (Å²) in [5.41, 5.74) is 3.25. The molecule has 0 radical (unpaired) electrons. The first-order chi connectivity index (χ1) is 28.1. The van der Waals surface area contributed by atoms with E-state index in [1.165, 1.54) is 0 Å². The van der Waals surface area contributed by atoms with Crippen LogP contribution in [0, 0.1) is 0 Å². The van der Waals surface area contributed by atoms with E-state index >= 15 is 0 Å². The lowest BCUT2D eigenvalue weighted by atomic mass is 9.97. The van der Waals surface area contributed by atoms with Gasteiger partial charge in [0.25, 0.3) is 0 Å². The van der Waals surface area contributed by atoms with Crippen molar-refractivity contribution in [3.63, 3.8) is 0 Å². The van der Waals surface area contributed by atoms with Gasteiger partial charge in [-0.15, -0.1) is 0 Å². The molecule has 12 heteroatoms. The standard InChI is InChI=1S/C46H52O12/c1-45(2)55-37-35(53-44-41(39(37)56-45)57-46(3,4)58-44)29-51-43-40(54-42(47)33-23-15-8-16-24-33)38(50-27-32-21-13-7-14-22-32)36(49-26-31-19-11-6-12-20-31)34(52-43)28-48-25-30-17-9-5-10-18-30/h5-24,34-41,43-44H,25-29H2,1-4H3/t34-,35-,36-,37+,38+,39+,40+,41-,43+,44-/m1/s1. The first-order valence-electron chi connectivity index (χ1n) is 19.9. The second-order valence-electron chi connectivity index (χ2n) is 15.8. The maximum atomic E-state index is 13.9. The monoisotopic (exact) mass is 796 g/mol. The molecule has 12 nitrogen and oxygen atoms in total. The smallest absolute Gasteiger partial charge is 0.338 e. The van der Waals surface area contributed by atoms with Crippen molar-refractivity contribution >= 4 is 5.97 Å². The quantitative estimate of drug-likeness (QED) is 0.119. The van der Waals surface area contributed by atoms with Crippen molar-refractivity contribution in [2.24, 2.45) is 0 Å². The van der Waals surface area contributed by atoms with Crippen LogP contribution in [0.1, 0.15) is 54.7 Å². The van der Waals surface area contributed by atoms with Crippen LogP contribution in [0.3, 0.4) is 0 Å². The van der Waals surface area contributed by atoms with Gasteiger partial charge in [0.15, 0.2) is 30.3 Å². The van der Waals surface area contributed by atoms with Gasteiger partial charge in [-0.2, -0.15) is 0 Å². The van der Waals surface area contributed by atoms with Crippen molar-refractivity contribution in [1.29, 1.82) is 0 Å². The van der Waals surface area contributed by atoms with Crippen molar-refractivity contribution in [2.75, 3.05) is 13.2 Å². The molecule has 4 aromatic carbocycles. The Morgan fingerprint density at radius 2 is 1.03 bits per heavy atom. The van der Waals surface area contributed by atoms with Gasteiger partial charge in [-0.3, -0.25) is 0 Å². The molecule has 0 saturated carbocycles. The Bertz CT molecular complexity index is 1900. The first kappa shape index (κ1) is 40.7. The summed E-state index contributed by atoms with van der Waals surface area (Å²) in [6.07, 6.45) is -7.54. The minimum atomic E-state index is -1.15. The summed E-state index contributed by atoms with van der Waals surface area (Å²) >= 11 is 0. The van der Waals surface area contributed by atoms with E-state index in [0.717, 1.165) is 16.7 Å². The van der Waals surface area contributed by atoms with E-state index in [-0.39, 0.29) is 26.4 Å². The average Bonchev–Trinajstić information content (AvgIpc) is 3.74. The van der Waals surface area contributed by atoms with Gasteiger partial charge in [0.05, 0.1) is 38.6 Å². The van der Waals surface area contributed by atoms with Gasteiger partial charge in [0.2, 0.25) is 0 Å². The maximum absolute atomic E-state index is 13.9. The lowest BCUT2D eigenvalue weighted by Gasteiger charge is -2.46. The number of fused-ring (bicyclic) bond motifs is 3. The predicted octanol–water partition coefficient (Wildman–Crippen LogP) is 6.74. The summed E-state index contributed by atoms with van der Waals surface area (Å²) in [6, 6.07) is 38.3. The summed E-state index contributed by atoms with van der Waals surface area (Å²) in [6.45, 7) is 8.26. The fourth-order valence-electron chi connectivity index (χ4n) is 7.85. The molecule has 4 fully saturated rings. The van der Waals surface area contributed by atoms with Gasteiger partial charge in [0.1, 0.15) is 42.7 Å². The Hall–Kier alpha value is -4.05. The van der Waals surface area contributed by atoms with Gasteiger partial charge in [-0.25, -0.2) is 4.79 Å². The highest BCUT2D eigenvalue weighted by Crippen LogP contribution is 2.44. The summed E-state index contributed by atoms with van der Waals surface area (Å²) in [5.74, 6) is -2.36. The number of hydrogen-bond donors (Lipinski definition) is 0. The van der Waals surface area contributed by atoms with E-state index in [1.54, 1.807) is 24.3 Å². The van der Waals surface area contributed by atoms with Crippen LogP contribution in [0.2, 0.25) is 0 Å². The molecule has 4 aliphatic rings. The van der Waals surface area contributed by atoms with Crippen LogP contribution in [0.15, 0.2) is 121 Å². The Kier molecular flexibility index (Phi) is 12.7. The second-order valence-corrected chi connectivity index (χ2v) is 15.8. The molecule has 0 N–H and O–H groups in total. The molecule has 0 spiro atoms. The first-order valence-corrected chi connectivity index (χ1v) is 19.9. The van der Waals surface area contributed by atoms with E-state index in [0.29, 0.717) is 12.2 Å². The molecule has 4 heterocycles. The van der Waals surface area contributed by atoms with E-state index < -0.39 is 79.0 Å². The van der Waals surface area contributed by atoms with E-state index in [4.69, 9.17) is 52.1 Å². The normalized spacial score (nSPS) is 31.0. The highest BCUT2D eigenvalue weighted by atomic mass is 16.9. The van der Waals surface area contributed by atoms with Crippen molar-refractivity contribution in [1.82, 2.24) is 0 Å². The number of rotatable bonds is 15. The van der Waals surface area contributed by atoms with Crippen molar-refractivity contribution in [3.05, 3.63) is 144 Å². The van der Waals surface area contributed by atoms with Crippen LogP contribution in [0.4, 0.5) is 0 Å². The molecule has 58 heavy (non-hydrogen) atoms. The molecule has 308 valence electrons. The predicted molar refractivity (Wildman–Crippen MR) is 209 cm³/mol. The largest absolute Gasteiger partial charge is 0.450 e. The number of esters is 1. The molecule has 0 aliphatic carbocycles. The second kappa shape index (κ2) is 18.1. The molecule has 10 atom stereocenters. The zero-order chi connectivity index (χ0) is 40.1. The highest BCUT2D eigenvalue weighted by Gasteiger charge is 2.61. The van der Waals surface area contributed by atoms with Gasteiger partial charge in [0, 0.05) is 0 Å². The molecule has 0 amide bonds. The van der Waals surface area contributed by atoms with E-state index in [1.807, 2.05) is 125 Å². The Balaban J connectivity index is 1.11. The fourth-order valence-corrected chi connectivity index (χ4v) is 7.85. The number of carbonyl (C=O) groups excluding carboxylic acids is 1. The molecule has 0 unspecified atom stereocenters. The molecular formula is C46H52O12. The summed E-state index contributed by atoms with van der Waals surface area (Å²) in [5, 5.41) is 0. The molecule has 4 aromatic rings. The zero-order valence-electron chi connectivity index (χ0n) is 33.3. The van der Waals surface area contributed by atoms with Crippen LogP contribution in [-0.2, 0) is 71.9 Å². The maximum Gasteiger partial charge on any atom is 0.338 e. The Morgan fingerprint density at radius 3 is 1.66 bits per heavy atom. The molecule has 0 bridgehead atoms. The lowest BCUT2D eigenvalue weighted by molar-refractivity contribution is -0.328. The molecular weight excluding hydrogens is 744 g/mol. The number of benzene rings is 4. The minimum absolute atomic E-state index is 0.0315. The third kappa shape index (κ3) is 9.86. The SMILES string of the molecule is CC1(C)O[C@H]2[C@@H](O1)[C@@H](CO[C@H]1O[C@H](COCc3ccccc3)[C@@H](OCc3ccccc3)[C@H](OCc3ccccc3)[C@@H]1OC(=O)c1ccccc1)O[C@@H]1OC(C)(C)O[C@@H]12. The number of carbonyl (C=O) groups is 1. The Morgan fingerprint density at radius 1 is 0.517 bits per heavy atom. The van der Waals surface area contributed by atoms with E-state index in [2.05, 4.69) is 0 Å². The van der Waals surface area contributed by atoms with Crippen LogP contribution >= 0.6 is 0 Å². The van der Waals surface area contributed by atoms with Crippen LogP contribution in [0.25, 0.3) is 0 Å². The minimum Gasteiger partial charge on any atom is -0.450 e. The third-order valence-corrected chi connectivity index (χ3v) is 10.5. The molecule has 4 saturated heterocycles. The van der Waals surface area contributed by atoms with Gasteiger partial charge in [-0.1, -0.05) is 109 Å².